The number of nitrogens with one attached hydrogen (secondary N) is 1. The van der Waals surface area contributed by atoms with E-state index in [-0.39, 0.29) is 18.1 Å². The molecule has 0 atom stereocenters. The molecule has 0 spiro atoms. The number of benzene rings is 2. The fourth-order valence-corrected chi connectivity index (χ4v) is 3.61. The molecule has 0 unspecified atom stereocenters. The van der Waals surface area contributed by atoms with Crippen molar-refractivity contribution in [2.45, 2.75) is 33.5 Å². The number of aryl methyl sites for hydroxylation is 2. The maximum absolute atomic E-state index is 12.7. The predicted molar refractivity (Wildman–Crippen MR) is 113 cm³/mol. The van der Waals surface area contributed by atoms with Crippen LogP contribution in [0, 0.1) is 6.92 Å². The van der Waals surface area contributed by atoms with E-state index >= 15 is 0 Å². The van der Waals surface area contributed by atoms with Gasteiger partial charge in [-0.25, -0.2) is 9.48 Å². The fraction of sp³-hybridized carbons (Fsp3) is 0.227. The second kappa shape index (κ2) is 7.79. The number of rotatable bonds is 6. The minimum atomic E-state index is -0.267. The van der Waals surface area contributed by atoms with Gasteiger partial charge in [0.25, 0.3) is 0 Å². The number of amides is 1. The molecule has 2 aromatic heterocycles. The summed E-state index contributed by atoms with van der Waals surface area (Å²) in [5, 5.41) is 7.20. The predicted octanol–water partition coefficient (Wildman–Crippen LogP) is 3.01. The van der Waals surface area contributed by atoms with Crippen LogP contribution < -0.4 is 11.0 Å². The van der Waals surface area contributed by atoms with E-state index in [1.807, 2.05) is 56.3 Å². The highest BCUT2D eigenvalue weighted by Crippen LogP contribution is 2.14. The van der Waals surface area contributed by atoms with Gasteiger partial charge in [-0.15, -0.1) is 0 Å². The Morgan fingerprint density at radius 2 is 1.79 bits per heavy atom. The van der Waals surface area contributed by atoms with Crippen molar-refractivity contribution in [2.24, 2.45) is 0 Å². The Balaban J connectivity index is 1.55. The largest absolute Gasteiger partial charge is 0.329 e. The molecule has 0 aliphatic heterocycles. The van der Waals surface area contributed by atoms with E-state index in [4.69, 9.17) is 0 Å². The van der Waals surface area contributed by atoms with Crippen molar-refractivity contribution in [1.82, 2.24) is 18.9 Å². The average molecular weight is 389 g/mol. The third-order valence-electron chi connectivity index (χ3n) is 4.94. The van der Waals surface area contributed by atoms with Gasteiger partial charge < -0.3 is 5.32 Å². The van der Waals surface area contributed by atoms with Crippen molar-refractivity contribution >= 4 is 22.8 Å². The summed E-state index contributed by atoms with van der Waals surface area (Å²) < 4.78 is 4.92. The number of aromatic nitrogens is 4. The standard InChI is InChI=1S/C22H23N5O2/c1-3-25-18-9-4-5-10-19(18)26(22(25)29)15-21(28)24-20-11-12-23-27(20)14-17-8-6-7-16(2)13-17/h4-13H,3,14-15H2,1-2H3,(H,24,28). The lowest BCUT2D eigenvalue weighted by atomic mass is 10.1. The number of para-hydroxylation sites is 2. The molecule has 1 amide bonds. The van der Waals surface area contributed by atoms with Crippen molar-refractivity contribution in [3.8, 4) is 0 Å². The zero-order valence-electron chi connectivity index (χ0n) is 16.5. The number of nitrogens with zero attached hydrogens (tertiary/aromatic N) is 4. The summed E-state index contributed by atoms with van der Waals surface area (Å²) in [4.78, 5) is 25.4. The SMILES string of the molecule is CCn1c(=O)n(CC(=O)Nc2ccnn2Cc2cccc(C)c2)c2ccccc21. The summed E-state index contributed by atoms with van der Waals surface area (Å²) in [6, 6.07) is 17.4. The molecule has 1 N–H and O–H groups in total. The molecule has 0 bridgehead atoms. The van der Waals surface area contributed by atoms with Crippen molar-refractivity contribution in [3.63, 3.8) is 0 Å². The smallest absolute Gasteiger partial charge is 0.309 e. The van der Waals surface area contributed by atoms with E-state index in [2.05, 4.69) is 16.5 Å². The van der Waals surface area contributed by atoms with Gasteiger partial charge in [-0.2, -0.15) is 5.10 Å². The van der Waals surface area contributed by atoms with E-state index in [1.54, 1.807) is 21.5 Å². The summed E-state index contributed by atoms with van der Waals surface area (Å²) >= 11 is 0. The first-order valence-corrected chi connectivity index (χ1v) is 9.62. The molecule has 0 saturated carbocycles. The van der Waals surface area contributed by atoms with Crippen LogP contribution in [0.2, 0.25) is 0 Å². The summed E-state index contributed by atoms with van der Waals surface area (Å²) in [6.07, 6.45) is 1.65. The molecule has 0 saturated heterocycles. The van der Waals surface area contributed by atoms with Crippen molar-refractivity contribution in [3.05, 3.63) is 82.4 Å². The molecular formula is C22H23N5O2. The van der Waals surface area contributed by atoms with Crippen LogP contribution in [-0.4, -0.2) is 24.8 Å². The molecule has 0 fully saturated rings. The number of fused-ring (bicyclic) bond motifs is 1. The first-order valence-electron chi connectivity index (χ1n) is 9.62. The average Bonchev–Trinajstić information content (AvgIpc) is 3.24. The lowest BCUT2D eigenvalue weighted by Crippen LogP contribution is -2.29. The Hall–Kier alpha value is -3.61. The van der Waals surface area contributed by atoms with Crippen LogP contribution in [-0.2, 0) is 24.4 Å². The van der Waals surface area contributed by atoms with Crippen LogP contribution >= 0.6 is 0 Å². The molecule has 2 aromatic carbocycles. The maximum atomic E-state index is 12.7. The molecule has 148 valence electrons. The molecular weight excluding hydrogens is 366 g/mol. The van der Waals surface area contributed by atoms with Crippen LogP contribution in [0.4, 0.5) is 5.82 Å². The van der Waals surface area contributed by atoms with E-state index in [0.29, 0.717) is 18.9 Å². The van der Waals surface area contributed by atoms with Gasteiger partial charge in [0, 0.05) is 12.6 Å². The third kappa shape index (κ3) is 3.71. The number of imidazole rings is 1. The van der Waals surface area contributed by atoms with Crippen LogP contribution in [0.5, 0.6) is 0 Å². The Labute approximate surface area is 168 Å². The second-order valence-electron chi connectivity index (χ2n) is 7.01. The van der Waals surface area contributed by atoms with Crippen LogP contribution in [0.1, 0.15) is 18.1 Å². The van der Waals surface area contributed by atoms with Gasteiger partial charge in [-0.05, 0) is 31.5 Å². The van der Waals surface area contributed by atoms with Gasteiger partial charge in [0.05, 0.1) is 23.8 Å². The zero-order chi connectivity index (χ0) is 20.4. The second-order valence-corrected chi connectivity index (χ2v) is 7.01. The molecule has 0 radical (unpaired) electrons. The van der Waals surface area contributed by atoms with E-state index < -0.39 is 0 Å². The summed E-state index contributed by atoms with van der Waals surface area (Å²) in [7, 11) is 0. The maximum Gasteiger partial charge on any atom is 0.329 e. The van der Waals surface area contributed by atoms with Crippen molar-refractivity contribution in [1.29, 1.82) is 0 Å². The highest BCUT2D eigenvalue weighted by Gasteiger charge is 2.15. The lowest BCUT2D eigenvalue weighted by Gasteiger charge is -2.10. The summed E-state index contributed by atoms with van der Waals surface area (Å²) in [5.41, 5.74) is 3.68. The number of hydrogen-bond acceptors (Lipinski definition) is 3. The molecule has 0 aliphatic carbocycles. The minimum absolute atomic E-state index is 0.0536. The van der Waals surface area contributed by atoms with Crippen molar-refractivity contribution < 1.29 is 4.79 Å². The first-order chi connectivity index (χ1) is 14.1. The topological polar surface area (TPSA) is 73.8 Å². The van der Waals surface area contributed by atoms with Crippen LogP contribution in [0.15, 0.2) is 65.6 Å². The molecule has 7 nitrogen and oxygen atoms in total. The van der Waals surface area contributed by atoms with E-state index in [0.717, 1.165) is 16.6 Å². The molecule has 4 aromatic rings. The Bertz CT molecular complexity index is 1230. The normalized spacial score (nSPS) is 11.1. The van der Waals surface area contributed by atoms with Crippen LogP contribution in [0.3, 0.4) is 0 Å². The quantitative estimate of drug-likeness (QED) is 0.551. The van der Waals surface area contributed by atoms with Crippen molar-refractivity contribution in [2.75, 3.05) is 5.32 Å². The van der Waals surface area contributed by atoms with Gasteiger partial charge in [-0.3, -0.25) is 13.9 Å². The van der Waals surface area contributed by atoms with Crippen LogP contribution in [0.25, 0.3) is 11.0 Å². The fourth-order valence-electron chi connectivity index (χ4n) is 3.61. The van der Waals surface area contributed by atoms with E-state index in [1.165, 1.54) is 10.1 Å². The monoisotopic (exact) mass is 389 g/mol. The Kier molecular flexibility index (Phi) is 5.03. The first kappa shape index (κ1) is 18.7. The molecule has 4 rings (SSSR count). The third-order valence-corrected chi connectivity index (χ3v) is 4.94. The summed E-state index contributed by atoms with van der Waals surface area (Å²) in [6.45, 7) is 5.01. The molecule has 0 aliphatic rings. The van der Waals surface area contributed by atoms with Gasteiger partial charge in [0.15, 0.2) is 0 Å². The van der Waals surface area contributed by atoms with E-state index in [9.17, 15) is 9.59 Å². The molecule has 2 heterocycles. The Morgan fingerprint density at radius 3 is 2.52 bits per heavy atom. The van der Waals surface area contributed by atoms with Gasteiger partial charge in [-0.1, -0.05) is 42.0 Å². The van der Waals surface area contributed by atoms with Gasteiger partial charge >= 0.3 is 5.69 Å². The number of hydrogen-bond donors (Lipinski definition) is 1. The number of carbonyl (C=O) groups is 1. The minimum Gasteiger partial charge on any atom is -0.309 e. The Morgan fingerprint density at radius 1 is 1.03 bits per heavy atom. The lowest BCUT2D eigenvalue weighted by molar-refractivity contribution is -0.116. The highest BCUT2D eigenvalue weighted by molar-refractivity contribution is 5.90. The van der Waals surface area contributed by atoms with Gasteiger partial charge in [0.1, 0.15) is 12.4 Å². The van der Waals surface area contributed by atoms with Gasteiger partial charge in [0.2, 0.25) is 5.91 Å². The number of carbonyl (C=O) groups excluding carboxylic acids is 1. The zero-order valence-corrected chi connectivity index (χ0v) is 16.5. The highest BCUT2D eigenvalue weighted by atomic mass is 16.2. The molecule has 29 heavy (non-hydrogen) atoms. The molecule has 7 heteroatoms. The number of anilines is 1. The summed E-state index contributed by atoms with van der Waals surface area (Å²) in [5.74, 6) is 0.334.